The molecule has 0 amide bonds. The molecule has 0 spiro atoms. The first kappa shape index (κ1) is 13.0. The van der Waals surface area contributed by atoms with Crippen LogP contribution in [0.2, 0.25) is 0 Å². The Bertz CT molecular complexity index is 589. The van der Waals surface area contributed by atoms with Crippen molar-refractivity contribution >= 4 is 0 Å². The van der Waals surface area contributed by atoms with Crippen molar-refractivity contribution < 1.29 is 0 Å². The van der Waals surface area contributed by atoms with E-state index in [4.69, 9.17) is 0 Å². The topological polar surface area (TPSA) is 55.6 Å². The normalized spacial score (nSPS) is 19.9. The Balaban J connectivity index is 1.51. The first-order chi connectivity index (χ1) is 10.3. The van der Waals surface area contributed by atoms with Crippen molar-refractivity contribution in [2.45, 2.75) is 44.7 Å². The molecule has 0 radical (unpaired) electrons. The van der Waals surface area contributed by atoms with Crippen LogP contribution < -0.4 is 5.32 Å². The highest BCUT2D eigenvalue weighted by atomic mass is 15.5. The van der Waals surface area contributed by atoms with E-state index in [1.54, 1.807) is 11.0 Å². The van der Waals surface area contributed by atoms with Crippen molar-refractivity contribution in [2.24, 2.45) is 11.8 Å². The van der Waals surface area contributed by atoms with Gasteiger partial charge in [0.1, 0.15) is 6.33 Å². The molecule has 1 unspecified atom stereocenters. The zero-order valence-corrected chi connectivity index (χ0v) is 12.3. The smallest absolute Gasteiger partial charge is 0.143 e. The van der Waals surface area contributed by atoms with Gasteiger partial charge in [-0.05, 0) is 72.6 Å². The maximum atomic E-state index is 3.96. The van der Waals surface area contributed by atoms with Gasteiger partial charge in [-0.15, -0.1) is 5.10 Å². The third kappa shape index (κ3) is 2.83. The van der Waals surface area contributed by atoms with E-state index in [9.17, 15) is 0 Å². The van der Waals surface area contributed by atoms with Crippen LogP contribution >= 0.6 is 0 Å². The number of nitrogens with one attached hydrogen (secondary N) is 1. The predicted octanol–water partition coefficient (Wildman–Crippen LogP) is 2.50. The van der Waals surface area contributed by atoms with Gasteiger partial charge in [0.25, 0.3) is 0 Å². The van der Waals surface area contributed by atoms with E-state index in [0.29, 0.717) is 6.04 Å². The Kier molecular flexibility index (Phi) is 3.22. The van der Waals surface area contributed by atoms with Gasteiger partial charge in [-0.2, -0.15) is 0 Å². The molecule has 2 saturated carbocycles. The largest absolute Gasteiger partial charge is 0.307 e. The molecule has 0 bridgehead atoms. The highest BCUT2D eigenvalue weighted by Gasteiger charge is 2.41. The van der Waals surface area contributed by atoms with Gasteiger partial charge in [0.15, 0.2) is 0 Å². The quantitative estimate of drug-likeness (QED) is 0.885. The Labute approximate surface area is 124 Å². The number of hydrogen-bond acceptors (Lipinski definition) is 4. The maximum absolute atomic E-state index is 3.96. The summed E-state index contributed by atoms with van der Waals surface area (Å²) < 4.78 is 1.70. The molecule has 5 nitrogen and oxygen atoms in total. The van der Waals surface area contributed by atoms with Gasteiger partial charge in [0.05, 0.1) is 5.69 Å². The van der Waals surface area contributed by atoms with Crippen molar-refractivity contribution in [1.82, 2.24) is 25.5 Å². The second-order valence-corrected chi connectivity index (χ2v) is 6.44. The van der Waals surface area contributed by atoms with Gasteiger partial charge in [0.2, 0.25) is 0 Å². The minimum atomic E-state index is 0.368. The number of aromatic nitrogens is 4. The number of rotatable bonds is 6. The van der Waals surface area contributed by atoms with Gasteiger partial charge in [0, 0.05) is 12.1 Å². The molecule has 0 aliphatic heterocycles. The van der Waals surface area contributed by atoms with E-state index in [-0.39, 0.29) is 0 Å². The van der Waals surface area contributed by atoms with Gasteiger partial charge >= 0.3 is 0 Å². The highest BCUT2D eigenvalue weighted by molar-refractivity contribution is 5.35. The van der Waals surface area contributed by atoms with Crippen LogP contribution in [0.5, 0.6) is 0 Å². The lowest BCUT2D eigenvalue weighted by Crippen LogP contribution is -2.35. The summed E-state index contributed by atoms with van der Waals surface area (Å²) in [6.45, 7) is 2.26. The van der Waals surface area contributed by atoms with Crippen molar-refractivity contribution in [3.05, 3.63) is 36.2 Å². The molecule has 1 N–H and O–H groups in total. The summed E-state index contributed by atoms with van der Waals surface area (Å²) >= 11 is 0. The lowest BCUT2D eigenvalue weighted by molar-refractivity contribution is 0.377. The van der Waals surface area contributed by atoms with Gasteiger partial charge in [-0.3, -0.25) is 0 Å². The van der Waals surface area contributed by atoms with Crippen LogP contribution in [-0.4, -0.2) is 26.2 Å². The molecule has 1 aromatic heterocycles. The Morgan fingerprint density at radius 1 is 1.19 bits per heavy atom. The number of benzene rings is 1. The SMILES string of the molecule is CC(NC(C1CC1)C1CC1)c1cccc(-n2cnnn2)c1. The molecule has 2 aromatic rings. The summed E-state index contributed by atoms with van der Waals surface area (Å²) in [7, 11) is 0. The van der Waals surface area contributed by atoms with Gasteiger partial charge in [-0.25, -0.2) is 4.68 Å². The lowest BCUT2D eigenvalue weighted by atomic mass is 10.0. The van der Waals surface area contributed by atoms with E-state index < -0.39 is 0 Å². The summed E-state index contributed by atoms with van der Waals surface area (Å²) in [5, 5.41) is 15.2. The molecule has 1 atom stereocenters. The third-order valence-corrected chi connectivity index (χ3v) is 4.69. The predicted molar refractivity (Wildman–Crippen MR) is 79.9 cm³/mol. The van der Waals surface area contributed by atoms with Crippen LogP contribution in [0.25, 0.3) is 5.69 Å². The minimum Gasteiger partial charge on any atom is -0.307 e. The number of nitrogens with zero attached hydrogens (tertiary/aromatic N) is 4. The van der Waals surface area contributed by atoms with E-state index in [2.05, 4.69) is 46.0 Å². The fourth-order valence-corrected chi connectivity index (χ4v) is 3.17. The molecule has 0 saturated heterocycles. The van der Waals surface area contributed by atoms with E-state index >= 15 is 0 Å². The average molecular weight is 283 g/mol. The summed E-state index contributed by atoms with van der Waals surface area (Å²) in [6, 6.07) is 9.55. The zero-order valence-electron chi connectivity index (χ0n) is 12.3. The van der Waals surface area contributed by atoms with Crippen LogP contribution in [-0.2, 0) is 0 Å². The second-order valence-electron chi connectivity index (χ2n) is 6.44. The monoisotopic (exact) mass is 283 g/mol. The molecule has 5 heteroatoms. The molecular weight excluding hydrogens is 262 g/mol. The minimum absolute atomic E-state index is 0.368. The van der Waals surface area contributed by atoms with Crippen molar-refractivity contribution in [3.63, 3.8) is 0 Å². The second kappa shape index (κ2) is 5.22. The molecule has 2 fully saturated rings. The van der Waals surface area contributed by atoms with E-state index in [0.717, 1.165) is 23.6 Å². The first-order valence-electron chi connectivity index (χ1n) is 7.90. The Morgan fingerprint density at radius 3 is 2.57 bits per heavy atom. The maximum Gasteiger partial charge on any atom is 0.143 e. The Morgan fingerprint density at radius 2 is 1.95 bits per heavy atom. The number of tetrazole rings is 1. The van der Waals surface area contributed by atoms with Crippen molar-refractivity contribution in [3.8, 4) is 5.69 Å². The highest BCUT2D eigenvalue weighted by Crippen LogP contribution is 2.45. The fourth-order valence-electron chi connectivity index (χ4n) is 3.17. The summed E-state index contributed by atoms with van der Waals surface area (Å²) in [4.78, 5) is 0. The summed E-state index contributed by atoms with van der Waals surface area (Å²) in [5.74, 6) is 1.84. The van der Waals surface area contributed by atoms with Gasteiger partial charge < -0.3 is 5.32 Å². The van der Waals surface area contributed by atoms with Crippen molar-refractivity contribution in [1.29, 1.82) is 0 Å². The van der Waals surface area contributed by atoms with Gasteiger partial charge in [-0.1, -0.05) is 12.1 Å². The first-order valence-corrected chi connectivity index (χ1v) is 7.90. The summed E-state index contributed by atoms with van der Waals surface area (Å²) in [5.41, 5.74) is 2.31. The molecule has 1 aromatic carbocycles. The fraction of sp³-hybridized carbons (Fsp3) is 0.562. The molecule has 2 aliphatic rings. The van der Waals surface area contributed by atoms with E-state index in [1.165, 1.54) is 31.2 Å². The number of hydrogen-bond donors (Lipinski definition) is 1. The van der Waals surface area contributed by atoms with Crippen LogP contribution in [0.4, 0.5) is 0 Å². The molecule has 1 heterocycles. The third-order valence-electron chi connectivity index (χ3n) is 4.69. The van der Waals surface area contributed by atoms with E-state index in [1.807, 2.05) is 6.07 Å². The van der Waals surface area contributed by atoms with Crippen LogP contribution in [0.1, 0.15) is 44.2 Å². The zero-order chi connectivity index (χ0) is 14.2. The molecule has 21 heavy (non-hydrogen) atoms. The average Bonchev–Trinajstić information content (AvgIpc) is 3.44. The molecule has 110 valence electrons. The summed E-state index contributed by atoms with van der Waals surface area (Å²) in [6.07, 6.45) is 7.27. The Hall–Kier alpha value is -1.75. The van der Waals surface area contributed by atoms with Crippen LogP contribution in [0.3, 0.4) is 0 Å². The lowest BCUT2D eigenvalue weighted by Gasteiger charge is -2.23. The molecular formula is C16H21N5. The standard InChI is InChI=1S/C16H21N5/c1-11(18-16(12-5-6-12)13-7-8-13)14-3-2-4-15(9-14)21-10-17-19-20-21/h2-4,9-13,16,18H,5-8H2,1H3. The van der Waals surface area contributed by atoms with Crippen LogP contribution in [0.15, 0.2) is 30.6 Å². The van der Waals surface area contributed by atoms with Crippen LogP contribution in [0, 0.1) is 11.8 Å². The van der Waals surface area contributed by atoms with Crippen molar-refractivity contribution in [2.75, 3.05) is 0 Å². The molecule has 2 aliphatic carbocycles. The molecule has 4 rings (SSSR count).